The van der Waals surface area contributed by atoms with Gasteiger partial charge in [-0.25, -0.2) is 0 Å². The van der Waals surface area contributed by atoms with E-state index in [1.807, 2.05) is 20.8 Å². The Labute approximate surface area is 163 Å². The van der Waals surface area contributed by atoms with Crippen LogP contribution in [0.4, 0.5) is 0 Å². The molecule has 2 aliphatic heterocycles. The van der Waals surface area contributed by atoms with E-state index in [0.29, 0.717) is 31.1 Å². The van der Waals surface area contributed by atoms with Gasteiger partial charge in [0.1, 0.15) is 5.60 Å². The highest BCUT2D eigenvalue weighted by atomic mass is 16.6. The average molecular weight is 383 g/mol. The van der Waals surface area contributed by atoms with Gasteiger partial charge in [-0.3, -0.25) is 4.79 Å². The monoisotopic (exact) mass is 382 g/mol. The third kappa shape index (κ3) is 3.92. The topological polar surface area (TPSA) is 76.0 Å². The molecule has 0 aromatic heterocycles. The zero-order valence-corrected chi connectivity index (χ0v) is 17.8. The lowest BCUT2D eigenvalue weighted by Crippen LogP contribution is -2.56. The van der Waals surface area contributed by atoms with Crippen molar-refractivity contribution in [3.63, 3.8) is 0 Å². The van der Waals surface area contributed by atoms with Crippen LogP contribution < -0.4 is 0 Å². The summed E-state index contributed by atoms with van der Waals surface area (Å²) in [5.74, 6) is 0.709. The van der Waals surface area contributed by atoms with Crippen molar-refractivity contribution in [1.29, 1.82) is 0 Å². The first-order chi connectivity index (χ1) is 12.4. The first kappa shape index (κ1) is 21.1. The van der Waals surface area contributed by atoms with Crippen LogP contribution in [0.5, 0.6) is 0 Å². The molecule has 0 aromatic carbocycles. The lowest BCUT2D eigenvalue weighted by Gasteiger charge is -2.50. The van der Waals surface area contributed by atoms with Crippen molar-refractivity contribution in [3.8, 4) is 0 Å². The van der Waals surface area contributed by atoms with E-state index < -0.39 is 16.8 Å². The van der Waals surface area contributed by atoms with Gasteiger partial charge in [0.15, 0.2) is 0 Å². The number of ether oxygens (including phenoxy) is 2. The van der Waals surface area contributed by atoms with Crippen LogP contribution in [-0.4, -0.2) is 45.2 Å². The molecular weight excluding hydrogens is 344 g/mol. The molecule has 2 saturated heterocycles. The molecule has 0 radical (unpaired) electrons. The zero-order valence-electron chi connectivity index (χ0n) is 17.8. The summed E-state index contributed by atoms with van der Waals surface area (Å²) in [5.41, 5.74) is -2.40. The fraction of sp³-hybridized carbons (Fsp3) is 0.955. The van der Waals surface area contributed by atoms with E-state index in [1.165, 1.54) is 6.92 Å². The lowest BCUT2D eigenvalue weighted by atomic mass is 9.57. The SMILES string of the molecule is CC(=O)OC1(C)CCC(C(C)C)C2C3OC(CC(C)(O)CCCC3(C)O)C21. The van der Waals surface area contributed by atoms with Gasteiger partial charge < -0.3 is 19.7 Å². The zero-order chi connectivity index (χ0) is 20.2. The molecule has 8 unspecified atom stereocenters. The van der Waals surface area contributed by atoms with Gasteiger partial charge in [-0.2, -0.15) is 0 Å². The summed E-state index contributed by atoms with van der Waals surface area (Å²) >= 11 is 0. The van der Waals surface area contributed by atoms with Gasteiger partial charge in [0, 0.05) is 25.2 Å². The van der Waals surface area contributed by atoms with Crippen molar-refractivity contribution in [1.82, 2.24) is 0 Å². The van der Waals surface area contributed by atoms with Crippen LogP contribution in [0, 0.1) is 23.7 Å². The van der Waals surface area contributed by atoms with Gasteiger partial charge in [-0.15, -0.1) is 0 Å². The first-order valence-electron chi connectivity index (χ1n) is 10.7. The van der Waals surface area contributed by atoms with Gasteiger partial charge in [0.2, 0.25) is 0 Å². The third-order valence-corrected chi connectivity index (χ3v) is 7.55. The molecule has 0 spiro atoms. The molecule has 2 bridgehead atoms. The quantitative estimate of drug-likeness (QED) is 0.716. The molecule has 5 nitrogen and oxygen atoms in total. The highest BCUT2D eigenvalue weighted by Crippen LogP contribution is 2.57. The standard InChI is InChI=1S/C22H38O5/c1-13(2)15-8-11-22(6,27-14(3)23)18-16-12-20(4,24)9-7-10-21(5,25)19(26-16)17(15)18/h13,15-19,24-25H,7-12H2,1-6H3. The Morgan fingerprint density at radius 3 is 2.41 bits per heavy atom. The van der Waals surface area contributed by atoms with Crippen LogP contribution in [0.15, 0.2) is 0 Å². The molecule has 2 N–H and O–H groups in total. The predicted molar refractivity (Wildman–Crippen MR) is 103 cm³/mol. The smallest absolute Gasteiger partial charge is 0.303 e. The fourth-order valence-corrected chi connectivity index (χ4v) is 6.37. The minimum absolute atomic E-state index is 0.0106. The van der Waals surface area contributed by atoms with E-state index in [4.69, 9.17) is 9.47 Å². The van der Waals surface area contributed by atoms with Crippen LogP contribution in [0.25, 0.3) is 0 Å². The highest BCUT2D eigenvalue weighted by Gasteiger charge is 2.63. The second-order valence-electron chi connectivity index (χ2n) is 10.5. The van der Waals surface area contributed by atoms with Gasteiger partial charge in [0.05, 0.1) is 23.4 Å². The Kier molecular flexibility index (Phi) is 5.46. The van der Waals surface area contributed by atoms with E-state index in [9.17, 15) is 15.0 Å². The minimum Gasteiger partial charge on any atom is -0.459 e. The Bertz CT molecular complexity index is 569. The van der Waals surface area contributed by atoms with Gasteiger partial charge in [-0.05, 0) is 64.7 Å². The molecule has 1 aliphatic carbocycles. The molecule has 156 valence electrons. The minimum atomic E-state index is -0.945. The molecule has 5 heteroatoms. The van der Waals surface area contributed by atoms with E-state index in [0.717, 1.165) is 19.3 Å². The predicted octanol–water partition coefficient (Wildman–Crippen LogP) is 3.45. The maximum Gasteiger partial charge on any atom is 0.303 e. The summed E-state index contributed by atoms with van der Waals surface area (Å²) in [6.07, 6.45) is 3.80. The molecule has 0 aromatic rings. The van der Waals surface area contributed by atoms with Crippen LogP contribution >= 0.6 is 0 Å². The summed E-state index contributed by atoms with van der Waals surface area (Å²) in [6, 6.07) is 0. The van der Waals surface area contributed by atoms with Gasteiger partial charge in [-0.1, -0.05) is 13.8 Å². The molecule has 27 heavy (non-hydrogen) atoms. The molecular formula is C22H38O5. The Morgan fingerprint density at radius 1 is 1.15 bits per heavy atom. The van der Waals surface area contributed by atoms with E-state index in [-0.39, 0.29) is 30.0 Å². The maximum atomic E-state index is 11.9. The lowest BCUT2D eigenvalue weighted by molar-refractivity contribution is -0.175. The van der Waals surface area contributed by atoms with E-state index in [1.54, 1.807) is 0 Å². The number of fused-ring (bicyclic) bond motifs is 5. The van der Waals surface area contributed by atoms with E-state index in [2.05, 4.69) is 13.8 Å². The van der Waals surface area contributed by atoms with Gasteiger partial charge in [0.25, 0.3) is 0 Å². The largest absolute Gasteiger partial charge is 0.459 e. The number of carbonyl (C=O) groups excluding carboxylic acids is 1. The highest BCUT2D eigenvalue weighted by molar-refractivity contribution is 5.66. The molecule has 3 fully saturated rings. The molecule has 8 atom stereocenters. The van der Waals surface area contributed by atoms with Gasteiger partial charge >= 0.3 is 5.97 Å². The second-order valence-corrected chi connectivity index (χ2v) is 10.5. The summed E-state index contributed by atoms with van der Waals surface area (Å²) in [7, 11) is 0. The number of esters is 1. The van der Waals surface area contributed by atoms with Crippen LogP contribution in [0.1, 0.15) is 80.1 Å². The van der Waals surface area contributed by atoms with Crippen molar-refractivity contribution >= 4 is 5.97 Å². The fourth-order valence-electron chi connectivity index (χ4n) is 6.37. The molecule has 1 saturated carbocycles. The van der Waals surface area contributed by atoms with Crippen molar-refractivity contribution in [2.45, 2.75) is 109 Å². The molecule has 0 amide bonds. The average Bonchev–Trinajstić information content (AvgIpc) is 2.87. The second kappa shape index (κ2) is 7.00. The third-order valence-electron chi connectivity index (χ3n) is 7.55. The summed E-state index contributed by atoms with van der Waals surface area (Å²) < 4.78 is 12.4. The summed E-state index contributed by atoms with van der Waals surface area (Å²) in [5, 5.41) is 22.3. The summed E-state index contributed by atoms with van der Waals surface area (Å²) in [6.45, 7) is 11.7. The number of aliphatic hydroxyl groups is 2. The number of hydrogen-bond donors (Lipinski definition) is 2. The maximum absolute atomic E-state index is 11.9. The summed E-state index contributed by atoms with van der Waals surface area (Å²) in [4.78, 5) is 11.9. The van der Waals surface area contributed by atoms with Crippen molar-refractivity contribution in [2.24, 2.45) is 23.7 Å². The number of carbonyl (C=O) groups is 1. The van der Waals surface area contributed by atoms with E-state index >= 15 is 0 Å². The molecule has 2 heterocycles. The van der Waals surface area contributed by atoms with Crippen LogP contribution in [0.2, 0.25) is 0 Å². The van der Waals surface area contributed by atoms with Crippen molar-refractivity contribution in [2.75, 3.05) is 0 Å². The van der Waals surface area contributed by atoms with Crippen molar-refractivity contribution < 1.29 is 24.5 Å². The molecule has 3 aliphatic rings. The Balaban J connectivity index is 2.08. The van der Waals surface area contributed by atoms with Crippen LogP contribution in [0.3, 0.4) is 0 Å². The Morgan fingerprint density at radius 2 is 1.81 bits per heavy atom. The normalized spacial score (nSPS) is 50.5. The van der Waals surface area contributed by atoms with Crippen molar-refractivity contribution in [3.05, 3.63) is 0 Å². The van der Waals surface area contributed by atoms with Crippen LogP contribution in [-0.2, 0) is 14.3 Å². The molecule has 3 rings (SSSR count). The number of rotatable bonds is 2. The Hall–Kier alpha value is -0.650. The first-order valence-corrected chi connectivity index (χ1v) is 10.7. The number of hydrogen-bond acceptors (Lipinski definition) is 5.